The van der Waals surface area contributed by atoms with Gasteiger partial charge in [0, 0.05) is 16.0 Å². The molecule has 178 valence electrons. The van der Waals surface area contributed by atoms with E-state index in [1.165, 1.54) is 45.3 Å². The number of carbonyl (C=O) groups is 4. The highest BCUT2D eigenvalue weighted by Gasteiger charge is 2.54. The summed E-state index contributed by atoms with van der Waals surface area (Å²) in [5.41, 5.74) is 0.721. The molecule has 11 nitrogen and oxygen atoms in total. The maximum absolute atomic E-state index is 12.9. The minimum atomic E-state index is -1.19. The molecule has 14 heteroatoms. The highest BCUT2D eigenvalue weighted by atomic mass is 32.2. The van der Waals surface area contributed by atoms with Gasteiger partial charge in [-0.2, -0.15) is 0 Å². The third kappa shape index (κ3) is 5.68. The minimum absolute atomic E-state index is 0.0594. The molecular weight excluding hydrogens is 492 g/mol. The molecule has 2 aliphatic heterocycles. The van der Waals surface area contributed by atoms with Gasteiger partial charge in [-0.1, -0.05) is 5.16 Å². The van der Waals surface area contributed by atoms with E-state index >= 15 is 0 Å². The Balaban J connectivity index is 1.71. The maximum Gasteiger partial charge on any atom is 0.353 e. The lowest BCUT2D eigenvalue weighted by Gasteiger charge is -2.49. The van der Waals surface area contributed by atoms with Gasteiger partial charge >= 0.3 is 11.9 Å². The van der Waals surface area contributed by atoms with Crippen LogP contribution >= 0.6 is 34.9 Å². The second-order valence-corrected chi connectivity index (χ2v) is 10.5. The number of nitrogens with one attached hydrogen (secondary N) is 1. The van der Waals surface area contributed by atoms with Crippen LogP contribution < -0.4 is 5.32 Å². The number of fused-ring (bicyclic) bond motifs is 1. The Kier molecular flexibility index (Phi) is 7.69. The lowest BCUT2D eigenvalue weighted by Crippen LogP contribution is -2.71. The number of rotatable bonds is 8. The van der Waals surface area contributed by atoms with Gasteiger partial charge in [-0.05, 0) is 27.0 Å². The SMILES string of the molecule is CSC1=C(C(=O)O)N2C(=O)C(NC(=O)/C(=N\OCC(=O)OC(C)(C)C)c3cscn3)[C@H]2SC1. The van der Waals surface area contributed by atoms with Gasteiger partial charge in [-0.25, -0.2) is 14.6 Å². The van der Waals surface area contributed by atoms with E-state index in [-0.39, 0.29) is 17.1 Å². The quantitative estimate of drug-likeness (QED) is 0.225. The fraction of sp³-hybridized carbons (Fsp3) is 0.474. The van der Waals surface area contributed by atoms with Crippen molar-refractivity contribution in [3.63, 3.8) is 0 Å². The number of thioether (sulfide) groups is 2. The number of carbonyl (C=O) groups excluding carboxylic acids is 3. The number of thiazole rings is 1. The van der Waals surface area contributed by atoms with Crippen molar-refractivity contribution in [2.75, 3.05) is 18.6 Å². The Morgan fingerprint density at radius 1 is 1.39 bits per heavy atom. The molecule has 1 saturated heterocycles. The first-order valence-corrected chi connectivity index (χ1v) is 12.8. The van der Waals surface area contributed by atoms with Crippen molar-refractivity contribution >= 4 is 64.3 Å². The Morgan fingerprint density at radius 2 is 2.12 bits per heavy atom. The van der Waals surface area contributed by atoms with Crippen LogP contribution in [-0.4, -0.2) is 80.1 Å². The molecule has 1 aromatic rings. The third-order valence-electron chi connectivity index (χ3n) is 4.32. The Morgan fingerprint density at radius 3 is 2.70 bits per heavy atom. The number of amides is 2. The van der Waals surface area contributed by atoms with Gasteiger partial charge in [-0.15, -0.1) is 34.9 Å². The topological polar surface area (TPSA) is 147 Å². The number of esters is 1. The summed E-state index contributed by atoms with van der Waals surface area (Å²) in [6.07, 6.45) is 1.75. The smallest absolute Gasteiger partial charge is 0.353 e. The van der Waals surface area contributed by atoms with Gasteiger partial charge in [-0.3, -0.25) is 14.5 Å². The number of ether oxygens (including phenoxy) is 1. The molecular formula is C19H22N4O7S3. The molecule has 0 radical (unpaired) electrons. The zero-order chi connectivity index (χ0) is 24.3. The lowest BCUT2D eigenvalue weighted by molar-refractivity contribution is -0.160. The van der Waals surface area contributed by atoms with Crippen molar-refractivity contribution in [3.05, 3.63) is 27.2 Å². The third-order valence-corrected chi connectivity index (χ3v) is 7.20. The number of aliphatic carboxylic acids is 1. The molecule has 3 rings (SSSR count). The highest BCUT2D eigenvalue weighted by Crippen LogP contribution is 2.42. The molecule has 0 spiro atoms. The first-order valence-electron chi connectivity index (χ1n) is 9.60. The van der Waals surface area contributed by atoms with E-state index in [1.807, 2.05) is 0 Å². The van der Waals surface area contributed by atoms with Crippen LogP contribution in [-0.2, 0) is 28.8 Å². The summed E-state index contributed by atoms with van der Waals surface area (Å²) in [6.45, 7) is 4.60. The number of carboxylic acid groups (broad SMARTS) is 1. The normalized spacial score (nSPS) is 20.7. The average Bonchev–Trinajstić information content (AvgIpc) is 3.26. The van der Waals surface area contributed by atoms with Crippen LogP contribution in [0, 0.1) is 0 Å². The number of hydrogen-bond acceptors (Lipinski definition) is 11. The standard InChI is InChI=1S/C19H22N4O7S3/c1-19(2,3)30-11(24)5-29-22-12(9-6-32-8-20-9)15(25)21-13-16(26)23-14(18(27)28)10(31-4)7-33-17(13)23/h6,8,13,17H,5,7H2,1-4H3,(H,21,25)(H,27,28)/b22-12-/t13?,17-/m1/s1. The van der Waals surface area contributed by atoms with Crippen molar-refractivity contribution < 1.29 is 33.9 Å². The Labute approximate surface area is 202 Å². The second kappa shape index (κ2) is 10.1. The van der Waals surface area contributed by atoms with Crippen molar-refractivity contribution in [2.45, 2.75) is 37.8 Å². The van der Waals surface area contributed by atoms with Crippen LogP contribution in [0.1, 0.15) is 26.5 Å². The fourth-order valence-corrected chi connectivity index (χ4v) is 5.80. The number of β-lactam (4-membered cyclic amide) rings is 1. The van der Waals surface area contributed by atoms with Crippen molar-refractivity contribution in [2.24, 2.45) is 5.16 Å². The number of nitrogens with zero attached hydrogens (tertiary/aromatic N) is 3. The molecule has 1 aromatic heterocycles. The van der Waals surface area contributed by atoms with Crippen LogP contribution in [0.25, 0.3) is 0 Å². The largest absolute Gasteiger partial charge is 0.477 e. The zero-order valence-corrected chi connectivity index (χ0v) is 20.6. The molecule has 2 aliphatic rings. The monoisotopic (exact) mass is 514 g/mol. The highest BCUT2D eigenvalue weighted by molar-refractivity contribution is 8.05. The van der Waals surface area contributed by atoms with Crippen LogP contribution in [0.15, 0.2) is 26.6 Å². The number of oxime groups is 1. The predicted molar refractivity (Wildman–Crippen MR) is 124 cm³/mol. The van der Waals surface area contributed by atoms with E-state index in [1.54, 1.807) is 32.4 Å². The van der Waals surface area contributed by atoms with Crippen molar-refractivity contribution in [1.29, 1.82) is 0 Å². The summed E-state index contributed by atoms with van der Waals surface area (Å²) in [6, 6.07) is -0.935. The maximum atomic E-state index is 12.9. The van der Waals surface area contributed by atoms with Crippen LogP contribution in [0.4, 0.5) is 0 Å². The van der Waals surface area contributed by atoms with E-state index in [9.17, 15) is 24.3 Å². The van der Waals surface area contributed by atoms with Crippen LogP contribution in [0.3, 0.4) is 0 Å². The predicted octanol–water partition coefficient (Wildman–Crippen LogP) is 1.26. The first-order chi connectivity index (χ1) is 15.5. The summed E-state index contributed by atoms with van der Waals surface area (Å²) in [5, 5.41) is 16.9. The molecule has 2 atom stereocenters. The van der Waals surface area contributed by atoms with E-state index in [0.29, 0.717) is 10.7 Å². The fourth-order valence-electron chi connectivity index (χ4n) is 3.01. The summed E-state index contributed by atoms with van der Waals surface area (Å²) >= 11 is 3.86. The van der Waals surface area contributed by atoms with E-state index in [2.05, 4.69) is 15.5 Å². The summed E-state index contributed by atoms with van der Waals surface area (Å²) < 4.78 is 5.13. The van der Waals surface area contributed by atoms with E-state index < -0.39 is 47.4 Å². The Bertz CT molecular complexity index is 1020. The summed E-state index contributed by atoms with van der Waals surface area (Å²) in [4.78, 5) is 60.0. The first kappa shape index (κ1) is 25.1. The molecule has 0 aliphatic carbocycles. The second-order valence-electron chi connectivity index (χ2n) is 7.82. The number of aromatic nitrogens is 1. The van der Waals surface area contributed by atoms with Gasteiger partial charge in [0.1, 0.15) is 28.4 Å². The molecule has 33 heavy (non-hydrogen) atoms. The molecule has 0 aromatic carbocycles. The molecule has 0 bridgehead atoms. The number of hydrogen-bond donors (Lipinski definition) is 2. The average molecular weight is 515 g/mol. The van der Waals surface area contributed by atoms with E-state index in [0.717, 1.165) is 0 Å². The van der Waals surface area contributed by atoms with Crippen molar-refractivity contribution in [1.82, 2.24) is 15.2 Å². The molecule has 2 N–H and O–H groups in total. The molecule has 2 amide bonds. The van der Waals surface area contributed by atoms with Gasteiger partial charge in [0.15, 0.2) is 5.71 Å². The summed E-state index contributed by atoms with van der Waals surface area (Å²) in [5.74, 6) is -2.71. The summed E-state index contributed by atoms with van der Waals surface area (Å²) in [7, 11) is 0. The zero-order valence-electron chi connectivity index (χ0n) is 18.2. The van der Waals surface area contributed by atoms with Gasteiger partial charge in [0.05, 0.1) is 5.51 Å². The van der Waals surface area contributed by atoms with Crippen LogP contribution in [0.5, 0.6) is 0 Å². The molecule has 1 unspecified atom stereocenters. The van der Waals surface area contributed by atoms with E-state index in [4.69, 9.17) is 9.57 Å². The molecule has 3 heterocycles. The van der Waals surface area contributed by atoms with Gasteiger partial charge in [0.25, 0.3) is 11.8 Å². The number of carboxylic acids is 1. The van der Waals surface area contributed by atoms with Crippen molar-refractivity contribution in [3.8, 4) is 0 Å². The van der Waals surface area contributed by atoms with Crippen LogP contribution in [0.2, 0.25) is 0 Å². The van der Waals surface area contributed by atoms with Gasteiger partial charge < -0.3 is 20.0 Å². The lowest BCUT2D eigenvalue weighted by atomic mass is 10.0. The minimum Gasteiger partial charge on any atom is -0.477 e. The Hall–Kier alpha value is -2.58. The molecule has 1 fully saturated rings. The molecule has 0 saturated carbocycles. The van der Waals surface area contributed by atoms with Gasteiger partial charge in [0.2, 0.25) is 6.61 Å².